The van der Waals surface area contributed by atoms with Crippen molar-refractivity contribution >= 4 is 22.9 Å². The van der Waals surface area contributed by atoms with Gasteiger partial charge in [-0.2, -0.15) is 4.68 Å². The molecule has 0 aliphatic carbocycles. The summed E-state index contributed by atoms with van der Waals surface area (Å²) in [5.74, 6) is 0. The summed E-state index contributed by atoms with van der Waals surface area (Å²) in [6.45, 7) is 0. The Bertz CT molecular complexity index is 931. The SMILES string of the molecule is Clc1ccc(-c2csc(-n3cc(-c4ccccn4)nn3)n2)cc1. The van der Waals surface area contributed by atoms with E-state index in [1.165, 1.54) is 11.3 Å². The summed E-state index contributed by atoms with van der Waals surface area (Å²) >= 11 is 7.42. The molecule has 0 aliphatic rings. The van der Waals surface area contributed by atoms with Gasteiger partial charge in [-0.05, 0) is 24.3 Å². The van der Waals surface area contributed by atoms with Gasteiger partial charge in [-0.15, -0.1) is 16.4 Å². The molecule has 5 nitrogen and oxygen atoms in total. The highest BCUT2D eigenvalue weighted by Gasteiger charge is 2.10. The monoisotopic (exact) mass is 339 g/mol. The van der Waals surface area contributed by atoms with Crippen molar-refractivity contribution in [2.75, 3.05) is 0 Å². The highest BCUT2D eigenvalue weighted by molar-refractivity contribution is 7.12. The zero-order valence-electron chi connectivity index (χ0n) is 11.8. The summed E-state index contributed by atoms with van der Waals surface area (Å²) in [7, 11) is 0. The Hall–Kier alpha value is -2.57. The number of hydrogen-bond acceptors (Lipinski definition) is 5. The summed E-state index contributed by atoms with van der Waals surface area (Å²) in [5, 5.41) is 11.7. The van der Waals surface area contributed by atoms with Gasteiger partial charge < -0.3 is 0 Å². The van der Waals surface area contributed by atoms with Crippen LogP contribution in [0.5, 0.6) is 0 Å². The predicted molar refractivity (Wildman–Crippen MR) is 90.7 cm³/mol. The Balaban J connectivity index is 1.65. The third kappa shape index (κ3) is 2.86. The fourth-order valence-corrected chi connectivity index (χ4v) is 2.99. The number of nitrogens with zero attached hydrogens (tertiary/aromatic N) is 5. The van der Waals surface area contributed by atoms with Gasteiger partial charge >= 0.3 is 0 Å². The lowest BCUT2D eigenvalue weighted by atomic mass is 10.2. The van der Waals surface area contributed by atoms with Gasteiger partial charge in [0.1, 0.15) is 5.69 Å². The van der Waals surface area contributed by atoms with Gasteiger partial charge in [-0.3, -0.25) is 4.98 Å². The quantitative estimate of drug-likeness (QED) is 0.563. The number of rotatable bonds is 3. The maximum Gasteiger partial charge on any atom is 0.212 e. The molecule has 0 N–H and O–H groups in total. The van der Waals surface area contributed by atoms with Gasteiger partial charge in [0.2, 0.25) is 5.13 Å². The molecule has 23 heavy (non-hydrogen) atoms. The Kier molecular flexibility index (Phi) is 3.61. The van der Waals surface area contributed by atoms with E-state index in [1.807, 2.05) is 54.0 Å². The zero-order chi connectivity index (χ0) is 15.6. The maximum absolute atomic E-state index is 5.92. The molecule has 3 aromatic heterocycles. The van der Waals surface area contributed by atoms with Crippen molar-refractivity contribution in [1.29, 1.82) is 0 Å². The minimum absolute atomic E-state index is 0.709. The molecule has 0 bridgehead atoms. The second-order valence-electron chi connectivity index (χ2n) is 4.79. The second-order valence-corrected chi connectivity index (χ2v) is 6.06. The van der Waals surface area contributed by atoms with Crippen LogP contribution in [0.25, 0.3) is 27.8 Å². The molecule has 0 fully saturated rings. The van der Waals surface area contributed by atoms with E-state index in [4.69, 9.17) is 11.6 Å². The van der Waals surface area contributed by atoms with Crippen LogP contribution in [0.4, 0.5) is 0 Å². The van der Waals surface area contributed by atoms with E-state index < -0.39 is 0 Å². The van der Waals surface area contributed by atoms with Crippen molar-refractivity contribution in [3.8, 4) is 27.8 Å². The summed E-state index contributed by atoms with van der Waals surface area (Å²) < 4.78 is 1.66. The lowest BCUT2D eigenvalue weighted by Crippen LogP contribution is -1.93. The average Bonchev–Trinajstić information content (AvgIpc) is 3.26. The molecular formula is C16H10ClN5S. The fraction of sp³-hybridized carbons (Fsp3) is 0. The Morgan fingerprint density at radius 2 is 1.83 bits per heavy atom. The first-order valence-electron chi connectivity index (χ1n) is 6.85. The van der Waals surface area contributed by atoms with Gasteiger partial charge in [0.25, 0.3) is 0 Å². The minimum atomic E-state index is 0.709. The molecule has 0 spiro atoms. The van der Waals surface area contributed by atoms with Gasteiger partial charge in [0, 0.05) is 22.2 Å². The predicted octanol–water partition coefficient (Wildman–Crippen LogP) is 4.11. The third-order valence-corrected chi connectivity index (χ3v) is 4.33. The maximum atomic E-state index is 5.92. The lowest BCUT2D eigenvalue weighted by Gasteiger charge is -1.96. The lowest BCUT2D eigenvalue weighted by molar-refractivity contribution is 0.798. The summed E-state index contributed by atoms with van der Waals surface area (Å²) in [4.78, 5) is 8.87. The number of pyridine rings is 1. The van der Waals surface area contributed by atoms with Gasteiger partial charge in [-0.1, -0.05) is 35.0 Å². The van der Waals surface area contributed by atoms with Crippen molar-refractivity contribution < 1.29 is 0 Å². The smallest absolute Gasteiger partial charge is 0.212 e. The summed E-state index contributed by atoms with van der Waals surface area (Å²) in [6, 6.07) is 13.3. The number of thiazole rings is 1. The molecule has 4 aromatic rings. The molecular weight excluding hydrogens is 330 g/mol. The Labute approximate surface area is 141 Å². The molecule has 0 atom stereocenters. The number of halogens is 1. The zero-order valence-corrected chi connectivity index (χ0v) is 13.4. The number of aromatic nitrogens is 5. The van der Waals surface area contributed by atoms with Crippen LogP contribution < -0.4 is 0 Å². The molecule has 0 saturated heterocycles. The van der Waals surface area contributed by atoms with Crippen molar-refractivity contribution in [1.82, 2.24) is 25.0 Å². The van der Waals surface area contributed by atoms with Crippen LogP contribution in [0.3, 0.4) is 0 Å². The summed E-state index contributed by atoms with van der Waals surface area (Å²) in [6.07, 6.45) is 3.56. The largest absolute Gasteiger partial charge is 0.254 e. The standard InChI is InChI=1S/C16H10ClN5S/c17-12-6-4-11(5-7-12)15-10-23-16(19-15)22-9-14(20-21-22)13-3-1-2-8-18-13/h1-10H. The number of benzene rings is 1. The van der Waals surface area contributed by atoms with Crippen LogP contribution in [-0.2, 0) is 0 Å². The van der Waals surface area contributed by atoms with E-state index in [0.29, 0.717) is 10.7 Å². The fourth-order valence-electron chi connectivity index (χ4n) is 2.11. The second kappa shape index (κ2) is 5.91. The van der Waals surface area contributed by atoms with Crippen molar-refractivity contribution in [2.24, 2.45) is 0 Å². The van der Waals surface area contributed by atoms with E-state index >= 15 is 0 Å². The minimum Gasteiger partial charge on any atom is -0.254 e. The topological polar surface area (TPSA) is 56.5 Å². The molecule has 0 aliphatic heterocycles. The van der Waals surface area contributed by atoms with Crippen LogP contribution in [0.1, 0.15) is 0 Å². The van der Waals surface area contributed by atoms with Gasteiger partial charge in [0.15, 0.2) is 0 Å². The van der Waals surface area contributed by atoms with Crippen LogP contribution in [0, 0.1) is 0 Å². The highest BCUT2D eigenvalue weighted by Crippen LogP contribution is 2.25. The van der Waals surface area contributed by atoms with E-state index in [2.05, 4.69) is 20.3 Å². The van der Waals surface area contributed by atoms with Crippen molar-refractivity contribution in [2.45, 2.75) is 0 Å². The molecule has 112 valence electrons. The van der Waals surface area contributed by atoms with E-state index in [1.54, 1.807) is 10.9 Å². The van der Waals surface area contributed by atoms with Crippen molar-refractivity contribution in [3.63, 3.8) is 0 Å². The molecule has 1 aromatic carbocycles. The third-order valence-electron chi connectivity index (χ3n) is 3.25. The summed E-state index contributed by atoms with van der Waals surface area (Å²) in [5.41, 5.74) is 3.40. The molecule has 3 heterocycles. The average molecular weight is 340 g/mol. The number of hydrogen-bond donors (Lipinski definition) is 0. The highest BCUT2D eigenvalue weighted by atomic mass is 35.5. The molecule has 0 amide bonds. The normalized spacial score (nSPS) is 10.8. The molecule has 0 unspecified atom stereocenters. The first kappa shape index (κ1) is 14.0. The van der Waals surface area contributed by atoms with Crippen LogP contribution >= 0.6 is 22.9 Å². The van der Waals surface area contributed by atoms with Crippen LogP contribution in [0.15, 0.2) is 60.2 Å². The Morgan fingerprint density at radius 3 is 2.61 bits per heavy atom. The van der Waals surface area contributed by atoms with Gasteiger partial charge in [-0.25, -0.2) is 4.98 Å². The van der Waals surface area contributed by atoms with Crippen molar-refractivity contribution in [3.05, 3.63) is 65.3 Å². The molecule has 4 rings (SSSR count). The van der Waals surface area contributed by atoms with Crippen LogP contribution in [-0.4, -0.2) is 25.0 Å². The van der Waals surface area contributed by atoms with Gasteiger partial charge in [0.05, 0.1) is 17.6 Å². The van der Waals surface area contributed by atoms with Crippen LogP contribution in [0.2, 0.25) is 5.02 Å². The first-order valence-corrected chi connectivity index (χ1v) is 8.11. The molecule has 0 radical (unpaired) electrons. The molecule has 7 heteroatoms. The van der Waals surface area contributed by atoms with E-state index in [-0.39, 0.29) is 0 Å². The van der Waals surface area contributed by atoms with E-state index in [0.717, 1.165) is 22.1 Å². The first-order chi connectivity index (χ1) is 11.3. The Morgan fingerprint density at radius 1 is 0.957 bits per heavy atom. The molecule has 0 saturated carbocycles. The van der Waals surface area contributed by atoms with E-state index in [9.17, 15) is 0 Å².